The lowest BCUT2D eigenvalue weighted by molar-refractivity contribution is 0.181. The molecule has 1 unspecified atom stereocenters. The van der Waals surface area contributed by atoms with E-state index in [0.717, 1.165) is 39.0 Å². The van der Waals surface area contributed by atoms with E-state index in [2.05, 4.69) is 53.1 Å². The predicted molar refractivity (Wildman–Crippen MR) is 151 cm³/mol. The van der Waals surface area contributed by atoms with Crippen molar-refractivity contribution in [3.8, 4) is 0 Å². The third-order valence-electron chi connectivity index (χ3n) is 7.31. The maximum absolute atomic E-state index is 12.1. The number of likely N-dealkylation sites (N-methyl/N-ethyl adjacent to an activating group) is 3. The van der Waals surface area contributed by atoms with Gasteiger partial charge in [0.2, 0.25) is 0 Å². The summed E-state index contributed by atoms with van der Waals surface area (Å²) in [4.78, 5) is 13.5. The molecule has 5 aliphatic rings. The molecule has 5 aliphatic heterocycles. The first-order valence-corrected chi connectivity index (χ1v) is 14.3. The van der Waals surface area contributed by atoms with Crippen LogP contribution in [-0.4, -0.2) is 176 Å². The quantitative estimate of drug-likeness (QED) is 0.523. The number of rotatable bonds is 0. The van der Waals surface area contributed by atoms with Gasteiger partial charge in [0.25, 0.3) is 0 Å². The Balaban J connectivity index is 0.000000225. The lowest BCUT2D eigenvalue weighted by Gasteiger charge is -2.28. The highest BCUT2D eigenvalue weighted by molar-refractivity contribution is 4.71. The van der Waals surface area contributed by atoms with Crippen LogP contribution < -0.4 is 5.32 Å². The molecular weight excluding hydrogens is 460 g/mol. The number of piperazine rings is 2. The van der Waals surface area contributed by atoms with Gasteiger partial charge in [0, 0.05) is 78.5 Å². The van der Waals surface area contributed by atoms with E-state index in [0.29, 0.717) is 13.1 Å². The molecule has 0 aromatic rings. The minimum Gasteiger partial charge on any atom is -0.314 e. The normalized spacial score (nSPS) is 29.0. The van der Waals surface area contributed by atoms with Gasteiger partial charge < -0.3 is 34.7 Å². The molecule has 5 rings (SSSR count). The molecule has 36 heavy (non-hydrogen) atoms. The third-order valence-corrected chi connectivity index (χ3v) is 7.31. The van der Waals surface area contributed by atoms with Gasteiger partial charge >= 0.3 is 0 Å². The van der Waals surface area contributed by atoms with E-state index in [9.17, 15) is 8.78 Å². The molecule has 216 valence electrons. The van der Waals surface area contributed by atoms with Gasteiger partial charge in [-0.3, -0.25) is 0 Å². The van der Waals surface area contributed by atoms with Gasteiger partial charge in [-0.25, -0.2) is 8.78 Å². The van der Waals surface area contributed by atoms with E-state index in [4.69, 9.17) is 0 Å². The molecular formula is C27H59F2N7. The van der Waals surface area contributed by atoms with Gasteiger partial charge in [0.05, 0.1) is 0 Å². The van der Waals surface area contributed by atoms with Crippen molar-refractivity contribution in [1.82, 2.24) is 34.7 Å². The van der Waals surface area contributed by atoms with Crippen LogP contribution in [0.2, 0.25) is 0 Å². The summed E-state index contributed by atoms with van der Waals surface area (Å²) in [7, 11) is 12.6. The highest BCUT2D eigenvalue weighted by Gasteiger charge is 2.17. The van der Waals surface area contributed by atoms with E-state index in [1.54, 1.807) is 0 Å². The van der Waals surface area contributed by atoms with Crippen LogP contribution in [0.25, 0.3) is 0 Å². The Labute approximate surface area is 222 Å². The molecule has 0 amide bonds. The van der Waals surface area contributed by atoms with Gasteiger partial charge in [-0.2, -0.15) is 0 Å². The fourth-order valence-corrected chi connectivity index (χ4v) is 4.50. The van der Waals surface area contributed by atoms with Crippen LogP contribution in [0.3, 0.4) is 0 Å². The van der Waals surface area contributed by atoms with Crippen molar-refractivity contribution in [2.45, 2.75) is 44.4 Å². The first-order valence-electron chi connectivity index (χ1n) is 14.3. The molecule has 2 atom stereocenters. The van der Waals surface area contributed by atoms with Crippen molar-refractivity contribution in [3.05, 3.63) is 0 Å². The summed E-state index contributed by atoms with van der Waals surface area (Å²) in [5, 5.41) is 3.27. The number of nitrogens with one attached hydrogen (secondary N) is 1. The van der Waals surface area contributed by atoms with E-state index in [-0.39, 0.29) is 0 Å². The summed E-state index contributed by atoms with van der Waals surface area (Å²) < 4.78 is 24.3. The minimum atomic E-state index is -0.551. The minimum absolute atomic E-state index is 0.551. The van der Waals surface area contributed by atoms with Gasteiger partial charge in [-0.1, -0.05) is 6.42 Å². The zero-order chi connectivity index (χ0) is 26.8. The number of alkyl halides is 2. The molecule has 5 fully saturated rings. The fraction of sp³-hybridized carbons (Fsp3) is 1.00. The van der Waals surface area contributed by atoms with Crippen molar-refractivity contribution in [3.63, 3.8) is 0 Å². The van der Waals surface area contributed by atoms with Crippen molar-refractivity contribution in [2.75, 3.05) is 134 Å². The molecule has 9 heteroatoms. The van der Waals surface area contributed by atoms with Gasteiger partial charge in [0.15, 0.2) is 0 Å². The van der Waals surface area contributed by atoms with Crippen molar-refractivity contribution >= 4 is 0 Å². The predicted octanol–water partition coefficient (Wildman–Crippen LogP) is 1.81. The zero-order valence-corrected chi connectivity index (χ0v) is 24.5. The van der Waals surface area contributed by atoms with Crippen molar-refractivity contribution < 1.29 is 8.78 Å². The van der Waals surface area contributed by atoms with Gasteiger partial charge in [-0.15, -0.1) is 0 Å². The van der Waals surface area contributed by atoms with Crippen molar-refractivity contribution in [1.29, 1.82) is 0 Å². The molecule has 5 heterocycles. The lowest BCUT2D eigenvalue weighted by Crippen LogP contribution is -2.42. The smallest absolute Gasteiger partial charge is 0.114 e. The second-order valence-electron chi connectivity index (χ2n) is 11.3. The lowest BCUT2D eigenvalue weighted by atomic mass is 10.1. The van der Waals surface area contributed by atoms with E-state index in [1.165, 1.54) is 71.6 Å². The Morgan fingerprint density at radius 3 is 1.00 bits per heavy atom. The average Bonchev–Trinajstić information content (AvgIpc) is 3.43. The maximum atomic E-state index is 12.1. The molecule has 0 radical (unpaired) electrons. The highest BCUT2D eigenvalue weighted by Crippen LogP contribution is 2.09. The molecule has 0 aromatic carbocycles. The molecule has 1 N–H and O–H groups in total. The van der Waals surface area contributed by atoms with Crippen LogP contribution in [0, 0.1) is 0 Å². The van der Waals surface area contributed by atoms with E-state index < -0.39 is 12.3 Å². The third kappa shape index (κ3) is 18.8. The fourth-order valence-electron chi connectivity index (χ4n) is 4.50. The largest absolute Gasteiger partial charge is 0.314 e. The van der Waals surface area contributed by atoms with E-state index in [1.807, 2.05) is 23.9 Å². The first-order chi connectivity index (χ1) is 17.2. The number of hydrogen-bond acceptors (Lipinski definition) is 7. The molecule has 0 aliphatic carbocycles. The van der Waals surface area contributed by atoms with Crippen molar-refractivity contribution in [2.24, 2.45) is 0 Å². The highest BCUT2D eigenvalue weighted by atomic mass is 19.1. The molecule has 0 spiro atoms. The van der Waals surface area contributed by atoms with Crippen LogP contribution in [0.5, 0.6) is 0 Å². The summed E-state index contributed by atoms with van der Waals surface area (Å²) in [6.45, 7) is 15.5. The van der Waals surface area contributed by atoms with Gasteiger partial charge in [0.1, 0.15) is 12.3 Å². The number of halogens is 2. The van der Waals surface area contributed by atoms with Crippen LogP contribution in [0.15, 0.2) is 0 Å². The molecule has 5 saturated heterocycles. The van der Waals surface area contributed by atoms with Gasteiger partial charge in [-0.05, 0) is 81.1 Å². The van der Waals surface area contributed by atoms with Crippen LogP contribution in [0.1, 0.15) is 32.1 Å². The number of likely N-dealkylation sites (tertiary alicyclic amines) is 3. The first kappa shape index (κ1) is 33.6. The van der Waals surface area contributed by atoms with E-state index >= 15 is 0 Å². The molecule has 0 saturated carbocycles. The zero-order valence-electron chi connectivity index (χ0n) is 24.5. The molecule has 7 nitrogen and oxygen atoms in total. The standard InChI is InChI=1S/C6H14N2.C6H13N.2C5H10FN.C5H12N2/c1-7-3-5-8(2)6-4-7;1-7-5-3-2-4-6-7;2*1-7-3-2-5(6)4-7;1-7-4-2-6-3-5-7/h3-6H2,1-2H3;2-6H2,1H3;2*5H,2-4H2,1H3;6H,2-5H2,1H3/t;;5-;;/m..0../s1. The molecule has 0 bridgehead atoms. The Hall–Kier alpha value is -0.420. The van der Waals surface area contributed by atoms with Crippen LogP contribution in [0.4, 0.5) is 8.78 Å². The Bertz CT molecular complexity index is 429. The number of nitrogens with zero attached hydrogens (tertiary/aromatic N) is 6. The Morgan fingerprint density at radius 2 is 0.806 bits per heavy atom. The SMILES string of the molecule is CN1CCC(F)C1.CN1CCCCC1.CN1CCN(C)CC1.CN1CCNCC1.CN1CC[C@H](F)C1. The maximum Gasteiger partial charge on any atom is 0.114 e. The summed E-state index contributed by atoms with van der Waals surface area (Å²) in [6.07, 6.45) is 4.64. The second-order valence-corrected chi connectivity index (χ2v) is 11.3. The summed E-state index contributed by atoms with van der Waals surface area (Å²) in [5.41, 5.74) is 0. The molecule has 0 aromatic heterocycles. The summed E-state index contributed by atoms with van der Waals surface area (Å²) in [5.74, 6) is 0. The number of hydrogen-bond donors (Lipinski definition) is 1. The topological polar surface area (TPSA) is 31.5 Å². The van der Waals surface area contributed by atoms with Crippen LogP contribution in [-0.2, 0) is 0 Å². The summed E-state index contributed by atoms with van der Waals surface area (Å²) in [6, 6.07) is 0. The Kier molecular flexibility index (Phi) is 19.2. The Morgan fingerprint density at radius 1 is 0.444 bits per heavy atom. The second kappa shape index (κ2) is 20.5. The van der Waals surface area contributed by atoms with Crippen LogP contribution >= 0.6 is 0 Å². The average molecular weight is 520 g/mol. The summed E-state index contributed by atoms with van der Waals surface area (Å²) >= 11 is 0. The monoisotopic (exact) mass is 519 g/mol. The number of piperidine rings is 1.